The van der Waals surface area contributed by atoms with Crippen molar-refractivity contribution in [2.24, 2.45) is 5.92 Å². The number of urea groups is 1. The maximum atomic E-state index is 13.2. The third-order valence-electron chi connectivity index (χ3n) is 3.70. The Kier molecular flexibility index (Phi) is 5.39. The van der Waals surface area contributed by atoms with Crippen LogP contribution in [0.25, 0.3) is 11.4 Å². The lowest BCUT2D eigenvalue weighted by molar-refractivity contribution is 0.236. The van der Waals surface area contributed by atoms with Gasteiger partial charge in [0.2, 0.25) is 11.7 Å². The van der Waals surface area contributed by atoms with Gasteiger partial charge >= 0.3 is 6.03 Å². The molecule has 2 aromatic heterocycles. The second kappa shape index (κ2) is 7.90. The molecule has 2 amide bonds. The van der Waals surface area contributed by atoms with Crippen LogP contribution in [-0.4, -0.2) is 21.2 Å². The van der Waals surface area contributed by atoms with Gasteiger partial charge in [0.25, 0.3) is 0 Å². The lowest BCUT2D eigenvalue weighted by atomic mass is 10.0. The number of carbonyl (C=O) groups is 1. The second-order valence-electron chi connectivity index (χ2n) is 6.18. The number of hydrogen-bond donors (Lipinski definition) is 2. The van der Waals surface area contributed by atoms with E-state index in [0.717, 1.165) is 18.2 Å². The highest BCUT2D eigenvalue weighted by molar-refractivity contribution is 5.89. The molecule has 1 unspecified atom stereocenters. The predicted octanol–water partition coefficient (Wildman–Crippen LogP) is 3.93. The van der Waals surface area contributed by atoms with E-state index in [1.165, 1.54) is 0 Å². The van der Waals surface area contributed by atoms with E-state index in [2.05, 4.69) is 25.8 Å². The van der Waals surface area contributed by atoms with E-state index < -0.39 is 23.7 Å². The topological polar surface area (TPSA) is 92.9 Å². The zero-order valence-corrected chi connectivity index (χ0v) is 14.6. The third kappa shape index (κ3) is 4.63. The molecule has 0 saturated carbocycles. The van der Waals surface area contributed by atoms with Crippen molar-refractivity contribution in [2.45, 2.75) is 19.9 Å². The van der Waals surface area contributed by atoms with E-state index in [0.29, 0.717) is 11.4 Å². The Morgan fingerprint density at radius 2 is 1.93 bits per heavy atom. The van der Waals surface area contributed by atoms with Crippen LogP contribution >= 0.6 is 0 Å². The van der Waals surface area contributed by atoms with Crippen LogP contribution in [0.5, 0.6) is 0 Å². The largest absolute Gasteiger partial charge is 0.337 e. The second-order valence-corrected chi connectivity index (χ2v) is 6.18. The third-order valence-corrected chi connectivity index (χ3v) is 3.70. The molecule has 0 aliphatic heterocycles. The van der Waals surface area contributed by atoms with Gasteiger partial charge in [-0.3, -0.25) is 4.98 Å². The molecule has 0 saturated heterocycles. The lowest BCUT2D eigenvalue weighted by Gasteiger charge is -2.19. The molecule has 0 bridgehead atoms. The summed E-state index contributed by atoms with van der Waals surface area (Å²) in [6.45, 7) is 3.72. The van der Waals surface area contributed by atoms with Gasteiger partial charge in [0, 0.05) is 29.7 Å². The summed E-state index contributed by atoms with van der Waals surface area (Å²) in [5.41, 5.74) is 0.670. The molecule has 27 heavy (non-hydrogen) atoms. The number of hydrogen-bond acceptors (Lipinski definition) is 5. The Bertz CT molecular complexity index is 910. The zero-order chi connectivity index (χ0) is 19.4. The fraction of sp³-hybridized carbons (Fsp3) is 0.222. The smallest absolute Gasteiger partial charge is 0.319 e. The number of benzene rings is 1. The van der Waals surface area contributed by atoms with Gasteiger partial charge in [-0.25, -0.2) is 13.6 Å². The van der Waals surface area contributed by atoms with E-state index in [1.807, 2.05) is 13.8 Å². The van der Waals surface area contributed by atoms with Crippen molar-refractivity contribution in [3.8, 4) is 11.4 Å². The first-order valence-electron chi connectivity index (χ1n) is 8.20. The van der Waals surface area contributed by atoms with Crippen LogP contribution < -0.4 is 10.6 Å². The molecule has 1 aromatic carbocycles. The first kappa shape index (κ1) is 18.4. The molecule has 0 radical (unpaired) electrons. The molecule has 0 spiro atoms. The molecule has 140 valence electrons. The average Bonchev–Trinajstić information content (AvgIpc) is 3.09. The SMILES string of the molecule is CC(C)C(NC(=O)Nc1cc(F)cc(F)c1)c1nc(-c2cccnc2)no1. The van der Waals surface area contributed by atoms with Gasteiger partial charge in [-0.15, -0.1) is 0 Å². The van der Waals surface area contributed by atoms with Gasteiger partial charge in [0.05, 0.1) is 0 Å². The van der Waals surface area contributed by atoms with Crippen LogP contribution in [0.1, 0.15) is 25.8 Å². The highest BCUT2D eigenvalue weighted by Gasteiger charge is 2.25. The number of amides is 2. The van der Waals surface area contributed by atoms with Crippen molar-refractivity contribution in [1.82, 2.24) is 20.4 Å². The molecule has 9 heteroatoms. The standard InChI is InChI=1S/C18H17F2N5O2/c1-10(2)15(17-24-16(25-27-17)11-4-3-5-21-9-11)23-18(26)22-14-7-12(19)6-13(20)8-14/h3-10,15H,1-2H3,(H2,22,23,26). The average molecular weight is 373 g/mol. The molecule has 2 N–H and O–H groups in total. The Labute approximate surface area is 153 Å². The summed E-state index contributed by atoms with van der Waals surface area (Å²) in [5.74, 6) is -1.10. The number of nitrogens with one attached hydrogen (secondary N) is 2. The molecule has 1 atom stereocenters. The number of anilines is 1. The van der Waals surface area contributed by atoms with Crippen molar-refractivity contribution >= 4 is 11.7 Å². The Morgan fingerprint density at radius 3 is 2.56 bits per heavy atom. The first-order valence-corrected chi connectivity index (χ1v) is 8.20. The van der Waals surface area contributed by atoms with Crippen molar-refractivity contribution < 1.29 is 18.1 Å². The fourth-order valence-electron chi connectivity index (χ4n) is 2.42. The molecule has 3 rings (SSSR count). The fourth-order valence-corrected chi connectivity index (χ4v) is 2.42. The van der Waals surface area contributed by atoms with E-state index in [9.17, 15) is 13.6 Å². The molecular weight excluding hydrogens is 356 g/mol. The Balaban J connectivity index is 1.74. The first-order chi connectivity index (χ1) is 12.9. The maximum Gasteiger partial charge on any atom is 0.319 e. The van der Waals surface area contributed by atoms with Crippen LogP contribution in [0.15, 0.2) is 47.2 Å². The van der Waals surface area contributed by atoms with Crippen LogP contribution in [0.3, 0.4) is 0 Å². The monoisotopic (exact) mass is 373 g/mol. The molecule has 0 aliphatic rings. The van der Waals surface area contributed by atoms with Crippen molar-refractivity contribution in [3.05, 3.63) is 60.3 Å². The number of aromatic nitrogens is 3. The Hall–Kier alpha value is -3.36. The van der Waals surface area contributed by atoms with Gasteiger partial charge in [-0.2, -0.15) is 4.98 Å². The summed E-state index contributed by atoms with van der Waals surface area (Å²) in [4.78, 5) is 20.5. The van der Waals surface area contributed by atoms with Crippen LogP contribution in [0.2, 0.25) is 0 Å². The van der Waals surface area contributed by atoms with Gasteiger partial charge in [-0.05, 0) is 30.2 Å². The minimum Gasteiger partial charge on any atom is -0.337 e. The van der Waals surface area contributed by atoms with Gasteiger partial charge in [-0.1, -0.05) is 19.0 Å². The van der Waals surface area contributed by atoms with Gasteiger partial charge in [0.1, 0.15) is 17.7 Å². The minimum absolute atomic E-state index is 0.00548. The highest BCUT2D eigenvalue weighted by Crippen LogP contribution is 2.23. The molecule has 0 fully saturated rings. The minimum atomic E-state index is -0.788. The summed E-state index contributed by atoms with van der Waals surface area (Å²) < 4.78 is 31.8. The highest BCUT2D eigenvalue weighted by atomic mass is 19.1. The van der Waals surface area contributed by atoms with Crippen molar-refractivity contribution in [1.29, 1.82) is 0 Å². The van der Waals surface area contributed by atoms with E-state index in [4.69, 9.17) is 4.52 Å². The molecule has 7 nitrogen and oxygen atoms in total. The van der Waals surface area contributed by atoms with Crippen molar-refractivity contribution in [3.63, 3.8) is 0 Å². The molecule has 3 aromatic rings. The number of nitrogens with zero attached hydrogens (tertiary/aromatic N) is 3. The summed E-state index contributed by atoms with van der Waals surface area (Å²) in [5, 5.41) is 8.97. The summed E-state index contributed by atoms with van der Waals surface area (Å²) in [6.07, 6.45) is 3.22. The zero-order valence-electron chi connectivity index (χ0n) is 14.6. The summed E-state index contributed by atoms with van der Waals surface area (Å²) in [6, 6.07) is 5.03. The lowest BCUT2D eigenvalue weighted by Crippen LogP contribution is -2.35. The number of rotatable bonds is 5. The number of halogens is 2. The predicted molar refractivity (Wildman–Crippen MR) is 93.6 cm³/mol. The Morgan fingerprint density at radius 1 is 1.19 bits per heavy atom. The quantitative estimate of drug-likeness (QED) is 0.707. The van der Waals surface area contributed by atoms with Gasteiger partial charge < -0.3 is 15.2 Å². The number of carbonyl (C=O) groups excluding carboxylic acids is 1. The van der Waals surface area contributed by atoms with E-state index in [-0.39, 0.29) is 17.5 Å². The molecule has 2 heterocycles. The van der Waals surface area contributed by atoms with E-state index in [1.54, 1.807) is 24.5 Å². The maximum absolute atomic E-state index is 13.2. The van der Waals surface area contributed by atoms with Gasteiger partial charge in [0.15, 0.2) is 0 Å². The summed E-state index contributed by atoms with van der Waals surface area (Å²) in [7, 11) is 0. The van der Waals surface area contributed by atoms with Crippen LogP contribution in [0.4, 0.5) is 19.3 Å². The normalized spacial score (nSPS) is 12.0. The summed E-state index contributed by atoms with van der Waals surface area (Å²) >= 11 is 0. The number of pyridine rings is 1. The molecular formula is C18H17F2N5O2. The van der Waals surface area contributed by atoms with Crippen LogP contribution in [-0.2, 0) is 0 Å². The van der Waals surface area contributed by atoms with Crippen LogP contribution in [0, 0.1) is 17.6 Å². The molecule has 0 aliphatic carbocycles. The van der Waals surface area contributed by atoms with Crippen molar-refractivity contribution in [2.75, 3.05) is 5.32 Å². The van der Waals surface area contributed by atoms with E-state index >= 15 is 0 Å².